The van der Waals surface area contributed by atoms with Crippen molar-refractivity contribution >= 4 is 11.6 Å². The van der Waals surface area contributed by atoms with Crippen LogP contribution in [0.2, 0.25) is 0 Å². The van der Waals surface area contributed by atoms with Crippen molar-refractivity contribution < 1.29 is 4.79 Å². The van der Waals surface area contributed by atoms with E-state index in [9.17, 15) is 4.79 Å². The van der Waals surface area contributed by atoms with Crippen LogP contribution in [0.5, 0.6) is 0 Å². The predicted octanol–water partition coefficient (Wildman–Crippen LogP) is 2.28. The lowest BCUT2D eigenvalue weighted by Gasteiger charge is -2.42. The topological polar surface area (TPSA) is 35.6 Å². The molecule has 0 bridgehead atoms. The van der Waals surface area contributed by atoms with Crippen LogP contribution in [-0.2, 0) is 0 Å². The number of amides is 1. The molecular weight excluding hydrogens is 250 g/mol. The number of nitrogens with one attached hydrogen (secondary N) is 1. The van der Waals surface area contributed by atoms with E-state index in [1.54, 1.807) is 0 Å². The van der Waals surface area contributed by atoms with Crippen LogP contribution in [0.15, 0.2) is 24.3 Å². The fraction of sp³-hybridized carbons (Fsp3) is 0.562. The standard InChI is InChI=1S/C16H25N3O/c1-5-17-15-8-6-14(7-9-15)16(20)19-10-12(2)18(4)13(3)11-19/h6-9,12-13,17H,5,10-11H2,1-4H3. The third-order valence-electron chi connectivity index (χ3n) is 4.16. The molecule has 110 valence electrons. The Kier molecular flexibility index (Phi) is 4.65. The van der Waals surface area contributed by atoms with E-state index >= 15 is 0 Å². The number of carbonyl (C=O) groups is 1. The highest BCUT2D eigenvalue weighted by Crippen LogP contribution is 2.17. The summed E-state index contributed by atoms with van der Waals surface area (Å²) < 4.78 is 0. The van der Waals surface area contributed by atoms with Crippen molar-refractivity contribution in [2.24, 2.45) is 0 Å². The maximum atomic E-state index is 12.6. The molecule has 1 aromatic carbocycles. The van der Waals surface area contributed by atoms with Crippen molar-refractivity contribution in [3.63, 3.8) is 0 Å². The number of hydrogen-bond acceptors (Lipinski definition) is 3. The molecule has 0 radical (unpaired) electrons. The lowest BCUT2D eigenvalue weighted by atomic mass is 10.1. The van der Waals surface area contributed by atoms with Gasteiger partial charge in [-0.2, -0.15) is 0 Å². The Morgan fingerprint density at radius 1 is 1.20 bits per heavy atom. The summed E-state index contributed by atoms with van der Waals surface area (Å²) in [6.45, 7) is 8.89. The Hall–Kier alpha value is -1.55. The summed E-state index contributed by atoms with van der Waals surface area (Å²) in [5.74, 6) is 0.139. The van der Waals surface area contributed by atoms with Gasteiger partial charge in [-0.25, -0.2) is 0 Å². The Morgan fingerprint density at radius 2 is 1.75 bits per heavy atom. The molecular formula is C16H25N3O. The molecule has 2 rings (SSSR count). The zero-order valence-electron chi connectivity index (χ0n) is 12.9. The third kappa shape index (κ3) is 3.12. The van der Waals surface area contributed by atoms with Gasteiger partial charge in [0, 0.05) is 43.0 Å². The lowest BCUT2D eigenvalue weighted by Crippen LogP contribution is -2.56. The Bertz CT molecular complexity index is 445. The Labute approximate surface area is 121 Å². The molecule has 1 fully saturated rings. The molecule has 1 N–H and O–H groups in total. The summed E-state index contributed by atoms with van der Waals surface area (Å²) in [6.07, 6.45) is 0. The molecule has 1 saturated heterocycles. The van der Waals surface area contributed by atoms with Gasteiger partial charge in [0.1, 0.15) is 0 Å². The molecule has 1 aliphatic rings. The Morgan fingerprint density at radius 3 is 2.25 bits per heavy atom. The first-order chi connectivity index (χ1) is 9.52. The highest BCUT2D eigenvalue weighted by atomic mass is 16.2. The number of carbonyl (C=O) groups excluding carboxylic acids is 1. The van der Waals surface area contributed by atoms with Gasteiger partial charge in [0.2, 0.25) is 0 Å². The van der Waals surface area contributed by atoms with Gasteiger partial charge in [-0.1, -0.05) is 0 Å². The maximum Gasteiger partial charge on any atom is 0.253 e. The highest BCUT2D eigenvalue weighted by Gasteiger charge is 2.29. The zero-order chi connectivity index (χ0) is 14.7. The number of hydrogen-bond donors (Lipinski definition) is 1. The van der Waals surface area contributed by atoms with Crippen LogP contribution < -0.4 is 5.32 Å². The SMILES string of the molecule is CCNc1ccc(C(=O)N2CC(C)N(C)C(C)C2)cc1. The van der Waals surface area contributed by atoms with Gasteiger partial charge in [-0.15, -0.1) is 0 Å². The second-order valence-corrected chi connectivity index (χ2v) is 5.68. The van der Waals surface area contributed by atoms with Crippen molar-refractivity contribution in [2.75, 3.05) is 32.0 Å². The third-order valence-corrected chi connectivity index (χ3v) is 4.16. The van der Waals surface area contributed by atoms with Crippen LogP contribution in [0.3, 0.4) is 0 Å². The quantitative estimate of drug-likeness (QED) is 0.919. The van der Waals surface area contributed by atoms with E-state index in [4.69, 9.17) is 0 Å². The van der Waals surface area contributed by atoms with Gasteiger partial charge >= 0.3 is 0 Å². The van der Waals surface area contributed by atoms with Crippen LogP contribution >= 0.6 is 0 Å². The summed E-state index contributed by atoms with van der Waals surface area (Å²) in [4.78, 5) is 16.9. The van der Waals surface area contributed by atoms with E-state index in [0.717, 1.165) is 30.9 Å². The summed E-state index contributed by atoms with van der Waals surface area (Å²) in [5.41, 5.74) is 1.83. The van der Waals surface area contributed by atoms with Crippen LogP contribution in [-0.4, -0.2) is 54.5 Å². The minimum Gasteiger partial charge on any atom is -0.385 e. The molecule has 4 heteroatoms. The van der Waals surface area contributed by atoms with Gasteiger partial charge in [0.15, 0.2) is 0 Å². The van der Waals surface area contributed by atoms with Gasteiger partial charge in [0.05, 0.1) is 0 Å². The molecule has 0 saturated carbocycles. The van der Waals surface area contributed by atoms with Crippen molar-refractivity contribution in [3.05, 3.63) is 29.8 Å². The van der Waals surface area contributed by atoms with E-state index in [0.29, 0.717) is 12.1 Å². The van der Waals surface area contributed by atoms with E-state index in [2.05, 4.69) is 38.0 Å². The summed E-state index contributed by atoms with van der Waals surface area (Å²) in [7, 11) is 2.13. The minimum absolute atomic E-state index is 0.139. The molecule has 0 spiro atoms. The monoisotopic (exact) mass is 275 g/mol. The van der Waals surface area contributed by atoms with Gasteiger partial charge in [0.25, 0.3) is 5.91 Å². The van der Waals surface area contributed by atoms with Crippen LogP contribution in [0.4, 0.5) is 5.69 Å². The second kappa shape index (κ2) is 6.27. The molecule has 1 amide bonds. The fourth-order valence-corrected chi connectivity index (χ4v) is 2.69. The second-order valence-electron chi connectivity index (χ2n) is 5.68. The average molecular weight is 275 g/mol. The first kappa shape index (κ1) is 14.9. The van der Waals surface area contributed by atoms with Crippen LogP contribution in [0.25, 0.3) is 0 Å². The molecule has 4 nitrogen and oxygen atoms in total. The molecule has 1 aromatic rings. The maximum absolute atomic E-state index is 12.6. The smallest absolute Gasteiger partial charge is 0.253 e. The number of anilines is 1. The number of nitrogens with zero attached hydrogens (tertiary/aromatic N) is 2. The van der Waals surface area contributed by atoms with E-state index in [-0.39, 0.29) is 5.91 Å². The fourth-order valence-electron chi connectivity index (χ4n) is 2.69. The number of benzene rings is 1. The largest absolute Gasteiger partial charge is 0.385 e. The van der Waals surface area contributed by atoms with Gasteiger partial charge in [-0.05, 0) is 52.1 Å². The first-order valence-corrected chi connectivity index (χ1v) is 7.38. The minimum atomic E-state index is 0.139. The van der Waals surface area contributed by atoms with E-state index in [1.165, 1.54) is 0 Å². The normalized spacial score (nSPS) is 23.7. The number of piperazine rings is 1. The summed E-state index contributed by atoms with van der Waals surface area (Å²) in [5, 5.41) is 3.24. The van der Waals surface area contributed by atoms with Crippen LogP contribution in [0, 0.1) is 0 Å². The van der Waals surface area contributed by atoms with Gasteiger partial charge in [-0.3, -0.25) is 9.69 Å². The lowest BCUT2D eigenvalue weighted by molar-refractivity contribution is 0.0414. The summed E-state index contributed by atoms with van der Waals surface area (Å²) in [6, 6.07) is 8.58. The molecule has 20 heavy (non-hydrogen) atoms. The molecule has 2 atom stereocenters. The van der Waals surface area contributed by atoms with E-state index < -0.39 is 0 Å². The van der Waals surface area contributed by atoms with Crippen LogP contribution in [0.1, 0.15) is 31.1 Å². The van der Waals surface area contributed by atoms with Crippen molar-refractivity contribution in [2.45, 2.75) is 32.9 Å². The number of rotatable bonds is 3. The molecule has 2 unspecified atom stereocenters. The molecule has 0 aliphatic carbocycles. The molecule has 1 heterocycles. The van der Waals surface area contributed by atoms with E-state index in [1.807, 2.05) is 29.2 Å². The number of likely N-dealkylation sites (N-methyl/N-ethyl adjacent to an activating group) is 1. The summed E-state index contributed by atoms with van der Waals surface area (Å²) >= 11 is 0. The average Bonchev–Trinajstić information content (AvgIpc) is 2.44. The van der Waals surface area contributed by atoms with Crippen molar-refractivity contribution in [3.8, 4) is 0 Å². The first-order valence-electron chi connectivity index (χ1n) is 7.38. The highest BCUT2D eigenvalue weighted by molar-refractivity contribution is 5.94. The van der Waals surface area contributed by atoms with Crippen molar-refractivity contribution in [1.82, 2.24) is 9.80 Å². The zero-order valence-corrected chi connectivity index (χ0v) is 12.9. The van der Waals surface area contributed by atoms with Crippen molar-refractivity contribution in [1.29, 1.82) is 0 Å². The Balaban J connectivity index is 2.07. The predicted molar refractivity (Wildman–Crippen MR) is 83.2 cm³/mol. The molecule has 0 aromatic heterocycles. The van der Waals surface area contributed by atoms with Gasteiger partial charge < -0.3 is 10.2 Å². The molecule has 1 aliphatic heterocycles.